The molecule has 0 aliphatic carbocycles. The molecule has 0 spiro atoms. The van der Waals surface area contributed by atoms with E-state index in [1.807, 2.05) is 17.9 Å². The van der Waals surface area contributed by atoms with Gasteiger partial charge in [-0.05, 0) is 49.1 Å². The maximum Gasteiger partial charge on any atom is 0.328 e. The second-order valence-electron chi connectivity index (χ2n) is 5.38. The molecular weight excluding hydrogens is 362 g/mol. The summed E-state index contributed by atoms with van der Waals surface area (Å²) in [6, 6.07) is 4.93. The molecule has 0 radical (unpaired) electrons. The van der Waals surface area contributed by atoms with Crippen molar-refractivity contribution in [1.82, 2.24) is 10.0 Å². The highest BCUT2D eigenvalue weighted by Gasteiger charge is 2.17. The summed E-state index contributed by atoms with van der Waals surface area (Å²) >= 11 is 1.68. The van der Waals surface area contributed by atoms with Crippen LogP contribution in [-0.4, -0.2) is 38.9 Å². The standard InChI is InChI=1S/C16H25N3O4S2/c1-3-4-11-17-16(21)19-25(22,23)14-9-7-13(8-10-14)18-15(20)6-5-12-24-2/h7-10H,3-6,11-12H2,1-2H3,(H,18,20)(H2,17,19,21). The molecule has 0 aliphatic rings. The first-order valence-electron chi connectivity index (χ1n) is 8.08. The van der Waals surface area contributed by atoms with Crippen molar-refractivity contribution in [1.29, 1.82) is 0 Å². The van der Waals surface area contributed by atoms with Crippen LogP contribution in [0, 0.1) is 0 Å². The molecule has 0 bridgehead atoms. The summed E-state index contributed by atoms with van der Waals surface area (Å²) in [7, 11) is -3.94. The lowest BCUT2D eigenvalue weighted by molar-refractivity contribution is -0.116. The van der Waals surface area contributed by atoms with E-state index in [2.05, 4.69) is 10.6 Å². The van der Waals surface area contributed by atoms with Gasteiger partial charge in [0.05, 0.1) is 4.90 Å². The molecule has 3 amide bonds. The van der Waals surface area contributed by atoms with Gasteiger partial charge in [-0.1, -0.05) is 13.3 Å². The van der Waals surface area contributed by atoms with Crippen molar-refractivity contribution in [2.75, 3.05) is 23.9 Å². The number of sulfonamides is 1. The zero-order valence-electron chi connectivity index (χ0n) is 14.5. The lowest BCUT2D eigenvalue weighted by Crippen LogP contribution is -2.39. The van der Waals surface area contributed by atoms with Gasteiger partial charge >= 0.3 is 6.03 Å². The lowest BCUT2D eigenvalue weighted by atomic mass is 10.3. The number of anilines is 1. The number of amides is 3. The fourth-order valence-corrected chi connectivity index (χ4v) is 3.28. The van der Waals surface area contributed by atoms with E-state index < -0.39 is 16.1 Å². The highest BCUT2D eigenvalue weighted by atomic mass is 32.2. The molecule has 9 heteroatoms. The van der Waals surface area contributed by atoms with Crippen LogP contribution in [0.2, 0.25) is 0 Å². The van der Waals surface area contributed by atoms with E-state index >= 15 is 0 Å². The van der Waals surface area contributed by atoms with E-state index in [0.717, 1.165) is 25.0 Å². The number of unbranched alkanes of at least 4 members (excludes halogenated alkanes) is 1. The molecule has 0 fully saturated rings. The Balaban J connectivity index is 2.59. The Bertz CT molecular complexity index is 660. The number of benzene rings is 1. The Morgan fingerprint density at radius 3 is 2.40 bits per heavy atom. The molecule has 0 unspecified atom stereocenters. The van der Waals surface area contributed by atoms with Crippen molar-refractivity contribution in [2.24, 2.45) is 0 Å². The first kappa shape index (κ1) is 21.3. The minimum atomic E-state index is -3.94. The summed E-state index contributed by atoms with van der Waals surface area (Å²) in [6.45, 7) is 2.39. The summed E-state index contributed by atoms with van der Waals surface area (Å²) in [6.07, 6.45) is 4.86. The highest BCUT2D eigenvalue weighted by molar-refractivity contribution is 7.98. The number of urea groups is 1. The number of carbonyl (C=O) groups excluding carboxylic acids is 2. The van der Waals surface area contributed by atoms with Crippen molar-refractivity contribution >= 4 is 39.4 Å². The normalized spacial score (nSPS) is 11.0. The second kappa shape index (κ2) is 11.0. The number of rotatable bonds is 10. The molecular formula is C16H25N3O4S2. The first-order valence-corrected chi connectivity index (χ1v) is 11.0. The van der Waals surface area contributed by atoms with E-state index in [1.54, 1.807) is 11.8 Å². The SMILES string of the molecule is CCCCNC(=O)NS(=O)(=O)c1ccc(NC(=O)CCCSC)cc1. The highest BCUT2D eigenvalue weighted by Crippen LogP contribution is 2.14. The smallest absolute Gasteiger partial charge is 0.328 e. The molecule has 0 saturated heterocycles. The number of thioether (sulfide) groups is 1. The molecule has 0 atom stereocenters. The predicted molar refractivity (Wildman–Crippen MR) is 101 cm³/mol. The van der Waals surface area contributed by atoms with Crippen molar-refractivity contribution in [3.8, 4) is 0 Å². The van der Waals surface area contributed by atoms with E-state index in [4.69, 9.17) is 0 Å². The molecule has 1 aromatic rings. The van der Waals surface area contributed by atoms with Crippen molar-refractivity contribution in [3.05, 3.63) is 24.3 Å². The van der Waals surface area contributed by atoms with Crippen LogP contribution >= 0.6 is 11.8 Å². The zero-order valence-corrected chi connectivity index (χ0v) is 16.1. The number of hydrogen-bond acceptors (Lipinski definition) is 5. The summed E-state index contributed by atoms with van der Waals surface area (Å²) in [5.74, 6) is 0.800. The number of hydrogen-bond donors (Lipinski definition) is 3. The van der Waals surface area contributed by atoms with Crippen molar-refractivity contribution < 1.29 is 18.0 Å². The van der Waals surface area contributed by atoms with Crippen LogP contribution in [0.1, 0.15) is 32.6 Å². The molecule has 1 rings (SSSR count). The van der Waals surface area contributed by atoms with Gasteiger partial charge in [0.2, 0.25) is 5.91 Å². The van der Waals surface area contributed by atoms with Crippen molar-refractivity contribution in [2.45, 2.75) is 37.5 Å². The van der Waals surface area contributed by atoms with Gasteiger partial charge in [-0.15, -0.1) is 0 Å². The average molecular weight is 388 g/mol. The van der Waals surface area contributed by atoms with Crippen LogP contribution in [0.25, 0.3) is 0 Å². The van der Waals surface area contributed by atoms with Gasteiger partial charge in [-0.3, -0.25) is 4.79 Å². The summed E-state index contributed by atoms with van der Waals surface area (Å²) in [5, 5.41) is 5.20. The Kier molecular flexibility index (Phi) is 9.36. The fourth-order valence-electron chi connectivity index (χ4n) is 1.91. The molecule has 140 valence electrons. The van der Waals surface area contributed by atoms with Crippen LogP contribution in [0.15, 0.2) is 29.2 Å². The van der Waals surface area contributed by atoms with E-state index in [1.165, 1.54) is 24.3 Å². The van der Waals surface area contributed by atoms with Crippen LogP contribution in [0.5, 0.6) is 0 Å². The molecule has 25 heavy (non-hydrogen) atoms. The van der Waals surface area contributed by atoms with Crippen LogP contribution < -0.4 is 15.4 Å². The number of nitrogens with one attached hydrogen (secondary N) is 3. The second-order valence-corrected chi connectivity index (χ2v) is 8.05. The van der Waals surface area contributed by atoms with Gasteiger partial charge in [0.15, 0.2) is 0 Å². The Morgan fingerprint density at radius 2 is 1.80 bits per heavy atom. The largest absolute Gasteiger partial charge is 0.337 e. The molecule has 1 aromatic carbocycles. The quantitative estimate of drug-likeness (QED) is 0.535. The maximum absolute atomic E-state index is 12.1. The van der Waals surface area contributed by atoms with E-state index in [9.17, 15) is 18.0 Å². The third-order valence-electron chi connectivity index (χ3n) is 3.24. The van der Waals surface area contributed by atoms with Crippen LogP contribution in [0.4, 0.5) is 10.5 Å². The monoisotopic (exact) mass is 387 g/mol. The fraction of sp³-hybridized carbons (Fsp3) is 0.500. The minimum absolute atomic E-state index is 0.0430. The Morgan fingerprint density at radius 1 is 1.12 bits per heavy atom. The molecule has 0 heterocycles. The average Bonchev–Trinajstić information content (AvgIpc) is 2.55. The van der Waals surface area contributed by atoms with Gasteiger partial charge in [0, 0.05) is 18.7 Å². The van der Waals surface area contributed by atoms with Crippen LogP contribution in [-0.2, 0) is 14.8 Å². The minimum Gasteiger partial charge on any atom is -0.337 e. The summed E-state index contributed by atoms with van der Waals surface area (Å²) in [5.41, 5.74) is 0.514. The topological polar surface area (TPSA) is 104 Å². The molecule has 3 N–H and O–H groups in total. The molecule has 0 aliphatic heterocycles. The maximum atomic E-state index is 12.1. The molecule has 0 aromatic heterocycles. The molecule has 7 nitrogen and oxygen atoms in total. The van der Waals surface area contributed by atoms with Gasteiger partial charge in [-0.2, -0.15) is 11.8 Å². The van der Waals surface area contributed by atoms with Gasteiger partial charge in [-0.25, -0.2) is 17.9 Å². The third kappa shape index (κ3) is 8.26. The van der Waals surface area contributed by atoms with Crippen molar-refractivity contribution in [3.63, 3.8) is 0 Å². The Labute approximate surface area is 153 Å². The van der Waals surface area contributed by atoms with Crippen LogP contribution in [0.3, 0.4) is 0 Å². The van der Waals surface area contributed by atoms with E-state index in [-0.39, 0.29) is 10.8 Å². The van der Waals surface area contributed by atoms with Gasteiger partial charge in [0.25, 0.3) is 10.0 Å². The number of carbonyl (C=O) groups is 2. The van der Waals surface area contributed by atoms with Gasteiger partial charge in [0.1, 0.15) is 0 Å². The Hall–Kier alpha value is -1.74. The first-order chi connectivity index (χ1) is 11.9. The van der Waals surface area contributed by atoms with Gasteiger partial charge < -0.3 is 10.6 Å². The summed E-state index contributed by atoms with van der Waals surface area (Å²) < 4.78 is 26.2. The lowest BCUT2D eigenvalue weighted by Gasteiger charge is -2.09. The van der Waals surface area contributed by atoms with E-state index in [0.29, 0.717) is 18.7 Å². The zero-order chi connectivity index (χ0) is 18.7. The molecule has 0 saturated carbocycles. The third-order valence-corrected chi connectivity index (χ3v) is 5.29. The summed E-state index contributed by atoms with van der Waals surface area (Å²) in [4.78, 5) is 23.3. The predicted octanol–water partition coefficient (Wildman–Crippen LogP) is 2.56.